The van der Waals surface area contributed by atoms with Gasteiger partial charge in [0.05, 0.1) is 16.0 Å². The second-order valence-corrected chi connectivity index (χ2v) is 8.84. The Bertz CT molecular complexity index is 1010. The van der Waals surface area contributed by atoms with Crippen LogP contribution in [0.25, 0.3) is 21.6 Å². The zero-order chi connectivity index (χ0) is 21.6. The number of amides is 1. The molecule has 3 aromatic rings. The van der Waals surface area contributed by atoms with Crippen molar-refractivity contribution in [2.24, 2.45) is 0 Å². The fraction of sp³-hybridized carbons (Fsp3) is 0.478. The number of unbranched alkanes of at least 4 members (excludes halogenated alkanes) is 1. The summed E-state index contributed by atoms with van der Waals surface area (Å²) in [7, 11) is 0. The number of carbonyl (C=O) groups excluding carboxylic acids is 1. The smallest absolute Gasteiger partial charge is 0.255 e. The highest BCUT2D eigenvalue weighted by molar-refractivity contribution is 7.22. The topological polar surface area (TPSA) is 82.4 Å². The van der Waals surface area contributed by atoms with Crippen molar-refractivity contribution in [3.05, 3.63) is 36.2 Å². The van der Waals surface area contributed by atoms with Crippen LogP contribution in [0.5, 0.6) is 0 Å². The summed E-state index contributed by atoms with van der Waals surface area (Å²) in [4.78, 5) is 31.6. The average Bonchev–Trinajstić information content (AvgIpc) is 3.48. The Balaban J connectivity index is 1.79. The third kappa shape index (κ3) is 4.85. The van der Waals surface area contributed by atoms with Crippen molar-refractivity contribution in [2.75, 3.05) is 37.7 Å². The average molecular weight is 440 g/mol. The molecule has 7 nitrogen and oxygen atoms in total. The molecule has 4 rings (SSSR count). The molecule has 0 atom stereocenters. The zero-order valence-electron chi connectivity index (χ0n) is 18.0. The summed E-state index contributed by atoms with van der Waals surface area (Å²) in [6, 6.07) is 5.70. The van der Waals surface area contributed by atoms with Crippen LogP contribution in [0.2, 0.25) is 0 Å². The number of aromatic nitrogens is 3. The Morgan fingerprint density at radius 3 is 2.74 bits per heavy atom. The van der Waals surface area contributed by atoms with Crippen LogP contribution < -0.4 is 4.90 Å². The maximum absolute atomic E-state index is 13.7. The van der Waals surface area contributed by atoms with E-state index < -0.39 is 0 Å². The standard InChI is InChI=1S/C23H29N5O2S/c1-2-3-10-27(13-7-14-29)22(30)18-15-19(17-8-6-9-24-16-17)25-21-20(18)31-23(26-21)28-11-4-5-12-28/h6,8-9,15-16,29H,2-5,7,10-14H2,1H3. The number of rotatable bonds is 9. The van der Waals surface area contributed by atoms with Gasteiger partial charge in [0.2, 0.25) is 0 Å². The lowest BCUT2D eigenvalue weighted by Crippen LogP contribution is -2.33. The number of fused-ring (bicyclic) bond motifs is 1. The van der Waals surface area contributed by atoms with Gasteiger partial charge in [-0.2, -0.15) is 4.98 Å². The Morgan fingerprint density at radius 1 is 1.23 bits per heavy atom. The quantitative estimate of drug-likeness (QED) is 0.543. The Kier molecular flexibility index (Phi) is 7.09. The summed E-state index contributed by atoms with van der Waals surface area (Å²) in [5.41, 5.74) is 2.83. The number of carbonyl (C=O) groups is 1. The summed E-state index contributed by atoms with van der Waals surface area (Å²) >= 11 is 1.56. The number of pyridine rings is 2. The molecule has 31 heavy (non-hydrogen) atoms. The lowest BCUT2D eigenvalue weighted by Gasteiger charge is -2.22. The number of hydrogen-bond acceptors (Lipinski definition) is 7. The number of aliphatic hydroxyl groups excluding tert-OH is 1. The van der Waals surface area contributed by atoms with Crippen molar-refractivity contribution >= 4 is 32.7 Å². The van der Waals surface area contributed by atoms with E-state index in [9.17, 15) is 9.90 Å². The first-order valence-electron chi connectivity index (χ1n) is 11.1. The van der Waals surface area contributed by atoms with E-state index in [1.54, 1.807) is 23.7 Å². The normalized spacial score (nSPS) is 13.8. The summed E-state index contributed by atoms with van der Waals surface area (Å²) in [5.74, 6) is -0.0175. The van der Waals surface area contributed by atoms with Crippen LogP contribution >= 0.6 is 11.3 Å². The van der Waals surface area contributed by atoms with Gasteiger partial charge in [-0.1, -0.05) is 24.7 Å². The summed E-state index contributed by atoms with van der Waals surface area (Å²) < 4.78 is 0.838. The van der Waals surface area contributed by atoms with Gasteiger partial charge in [0.15, 0.2) is 10.8 Å². The Hall–Kier alpha value is -2.58. The van der Waals surface area contributed by atoms with Gasteiger partial charge in [-0.25, -0.2) is 4.98 Å². The molecule has 0 bridgehead atoms. The van der Waals surface area contributed by atoms with Crippen LogP contribution in [-0.2, 0) is 0 Å². The molecule has 0 aromatic carbocycles. The molecule has 1 saturated heterocycles. The van der Waals surface area contributed by atoms with E-state index in [1.165, 1.54) is 12.8 Å². The molecule has 1 fully saturated rings. The Morgan fingerprint density at radius 2 is 2.03 bits per heavy atom. The molecular formula is C23H29N5O2S. The Labute approximate surface area is 186 Å². The highest BCUT2D eigenvalue weighted by Crippen LogP contribution is 2.35. The molecule has 0 saturated carbocycles. The first kappa shape index (κ1) is 21.6. The third-order valence-electron chi connectivity index (χ3n) is 5.57. The van der Waals surface area contributed by atoms with Crippen molar-refractivity contribution in [1.82, 2.24) is 19.9 Å². The van der Waals surface area contributed by atoms with Gasteiger partial charge in [-0.05, 0) is 43.9 Å². The fourth-order valence-electron chi connectivity index (χ4n) is 3.86. The van der Waals surface area contributed by atoms with Crippen molar-refractivity contribution < 1.29 is 9.90 Å². The van der Waals surface area contributed by atoms with E-state index in [0.717, 1.165) is 41.3 Å². The van der Waals surface area contributed by atoms with Crippen LogP contribution in [-0.4, -0.2) is 63.7 Å². The minimum atomic E-state index is -0.0175. The van der Waals surface area contributed by atoms with Crippen LogP contribution in [0.4, 0.5) is 5.13 Å². The number of anilines is 1. The summed E-state index contributed by atoms with van der Waals surface area (Å²) in [6.07, 6.45) is 8.34. The molecular weight excluding hydrogens is 410 g/mol. The van der Waals surface area contributed by atoms with Gasteiger partial charge in [0, 0.05) is 50.7 Å². The molecule has 0 unspecified atom stereocenters. The van der Waals surface area contributed by atoms with E-state index in [-0.39, 0.29) is 12.5 Å². The third-order valence-corrected chi connectivity index (χ3v) is 6.71. The zero-order valence-corrected chi connectivity index (χ0v) is 18.8. The number of nitrogens with zero attached hydrogens (tertiary/aromatic N) is 5. The van der Waals surface area contributed by atoms with Gasteiger partial charge in [0.25, 0.3) is 5.91 Å². The maximum atomic E-state index is 13.7. The molecule has 0 aliphatic carbocycles. The van der Waals surface area contributed by atoms with Crippen molar-refractivity contribution in [2.45, 2.75) is 39.0 Å². The molecule has 0 radical (unpaired) electrons. The number of aliphatic hydroxyl groups is 1. The fourth-order valence-corrected chi connectivity index (χ4v) is 4.93. The van der Waals surface area contributed by atoms with Crippen LogP contribution in [0, 0.1) is 0 Å². The molecule has 1 N–H and O–H groups in total. The van der Waals surface area contributed by atoms with Gasteiger partial charge in [-0.3, -0.25) is 9.78 Å². The van der Waals surface area contributed by atoms with Crippen molar-refractivity contribution in [3.63, 3.8) is 0 Å². The van der Waals surface area contributed by atoms with Crippen molar-refractivity contribution in [1.29, 1.82) is 0 Å². The molecule has 1 amide bonds. The van der Waals surface area contributed by atoms with E-state index in [4.69, 9.17) is 9.97 Å². The van der Waals surface area contributed by atoms with E-state index in [1.807, 2.05) is 23.1 Å². The second kappa shape index (κ2) is 10.2. The number of thiazole rings is 1. The largest absolute Gasteiger partial charge is 0.396 e. The lowest BCUT2D eigenvalue weighted by atomic mass is 10.1. The molecule has 1 aliphatic heterocycles. The van der Waals surface area contributed by atoms with Crippen LogP contribution in [0.3, 0.4) is 0 Å². The van der Waals surface area contributed by atoms with Gasteiger partial charge >= 0.3 is 0 Å². The predicted molar refractivity (Wildman–Crippen MR) is 125 cm³/mol. The highest BCUT2D eigenvalue weighted by Gasteiger charge is 2.24. The molecule has 4 heterocycles. The highest BCUT2D eigenvalue weighted by atomic mass is 32.1. The van der Waals surface area contributed by atoms with Gasteiger partial charge in [-0.15, -0.1) is 0 Å². The molecule has 8 heteroatoms. The molecule has 1 aliphatic rings. The molecule has 3 aromatic heterocycles. The minimum Gasteiger partial charge on any atom is -0.396 e. The van der Waals surface area contributed by atoms with Crippen molar-refractivity contribution in [3.8, 4) is 11.3 Å². The molecule has 164 valence electrons. The lowest BCUT2D eigenvalue weighted by molar-refractivity contribution is 0.0745. The second-order valence-electron chi connectivity index (χ2n) is 7.86. The molecule has 0 spiro atoms. The van der Waals surface area contributed by atoms with Gasteiger partial charge in [0.1, 0.15) is 0 Å². The number of hydrogen-bond donors (Lipinski definition) is 1. The van der Waals surface area contributed by atoms with E-state index >= 15 is 0 Å². The van der Waals surface area contributed by atoms with Crippen LogP contribution in [0.15, 0.2) is 30.6 Å². The first-order valence-corrected chi connectivity index (χ1v) is 11.9. The predicted octanol–water partition coefficient (Wildman–Crippen LogP) is 3.98. The summed E-state index contributed by atoms with van der Waals surface area (Å²) in [5, 5.41) is 10.3. The monoisotopic (exact) mass is 439 g/mol. The first-order chi connectivity index (χ1) is 15.2. The summed E-state index contributed by atoms with van der Waals surface area (Å²) in [6.45, 7) is 5.40. The van der Waals surface area contributed by atoms with E-state index in [2.05, 4.69) is 16.8 Å². The SMILES string of the molecule is CCCCN(CCCO)C(=O)c1cc(-c2cccnc2)nc2nc(N3CCCC3)sc12. The van der Waals surface area contributed by atoms with E-state index in [0.29, 0.717) is 36.4 Å². The maximum Gasteiger partial charge on any atom is 0.255 e. The minimum absolute atomic E-state index is 0.0175. The van der Waals surface area contributed by atoms with Gasteiger partial charge < -0.3 is 14.9 Å². The van der Waals surface area contributed by atoms with Crippen LogP contribution in [0.1, 0.15) is 49.4 Å².